The number of rotatable bonds is 5. The maximum atomic E-state index is 12.6. The van der Waals surface area contributed by atoms with Crippen LogP contribution in [0.3, 0.4) is 0 Å². The molecule has 0 atom stereocenters. The summed E-state index contributed by atoms with van der Waals surface area (Å²) in [5, 5.41) is 0. The first kappa shape index (κ1) is 16.8. The summed E-state index contributed by atoms with van der Waals surface area (Å²) in [5.41, 5.74) is 6.91. The van der Waals surface area contributed by atoms with Crippen LogP contribution in [0.2, 0.25) is 0 Å². The highest BCUT2D eigenvalue weighted by Gasteiger charge is 2.19. The molecule has 122 valence electrons. The van der Waals surface area contributed by atoms with E-state index in [-0.39, 0.29) is 10.5 Å². The summed E-state index contributed by atoms with van der Waals surface area (Å²) in [6.07, 6.45) is 0. The molecule has 0 radical (unpaired) electrons. The summed E-state index contributed by atoms with van der Waals surface area (Å²) >= 11 is 0. The van der Waals surface area contributed by atoms with Crippen LogP contribution in [0.15, 0.2) is 41.3 Å². The van der Waals surface area contributed by atoms with Crippen LogP contribution in [0.25, 0.3) is 0 Å². The maximum absolute atomic E-state index is 12.6. The molecule has 1 amide bonds. The van der Waals surface area contributed by atoms with Crippen molar-refractivity contribution in [2.45, 2.75) is 18.7 Å². The van der Waals surface area contributed by atoms with Gasteiger partial charge in [0.15, 0.2) is 0 Å². The lowest BCUT2D eigenvalue weighted by molar-refractivity contribution is 0.0999. The molecule has 0 aromatic heterocycles. The van der Waals surface area contributed by atoms with Crippen LogP contribution in [0.1, 0.15) is 21.5 Å². The second kappa shape index (κ2) is 6.29. The number of carbonyl (C=O) groups is 1. The van der Waals surface area contributed by atoms with Crippen LogP contribution in [0.5, 0.6) is 5.75 Å². The number of aryl methyl sites for hydroxylation is 1. The van der Waals surface area contributed by atoms with Gasteiger partial charge >= 0.3 is 0 Å². The second-order valence-corrected chi connectivity index (χ2v) is 6.73. The van der Waals surface area contributed by atoms with E-state index in [4.69, 9.17) is 10.5 Å². The lowest BCUT2D eigenvalue weighted by Crippen LogP contribution is -2.17. The van der Waals surface area contributed by atoms with Crippen molar-refractivity contribution in [3.05, 3.63) is 53.1 Å². The first-order valence-corrected chi connectivity index (χ1v) is 8.31. The first-order chi connectivity index (χ1) is 10.8. The molecule has 0 bridgehead atoms. The van der Waals surface area contributed by atoms with E-state index in [1.54, 1.807) is 44.2 Å². The van der Waals surface area contributed by atoms with Gasteiger partial charge in [-0.05, 0) is 55.3 Å². The van der Waals surface area contributed by atoms with Crippen LogP contribution >= 0.6 is 0 Å². The zero-order valence-electron chi connectivity index (χ0n) is 13.1. The Morgan fingerprint density at radius 2 is 1.87 bits per heavy atom. The van der Waals surface area contributed by atoms with Gasteiger partial charge in [0.2, 0.25) is 5.91 Å². The minimum atomic E-state index is -3.79. The average molecular weight is 334 g/mol. The Morgan fingerprint density at radius 3 is 2.43 bits per heavy atom. The van der Waals surface area contributed by atoms with E-state index >= 15 is 0 Å². The number of nitrogens with two attached hydrogens (primary N) is 1. The fourth-order valence-electron chi connectivity index (χ4n) is 2.26. The lowest BCUT2D eigenvalue weighted by Gasteiger charge is -2.14. The number of benzene rings is 2. The fraction of sp³-hybridized carbons (Fsp3) is 0.188. The Hall–Kier alpha value is -2.54. The van der Waals surface area contributed by atoms with Gasteiger partial charge in [0.25, 0.3) is 10.0 Å². The number of amides is 1. The van der Waals surface area contributed by atoms with E-state index in [2.05, 4.69) is 4.72 Å². The molecule has 0 saturated heterocycles. The molecule has 0 fully saturated rings. The Morgan fingerprint density at radius 1 is 1.17 bits per heavy atom. The van der Waals surface area contributed by atoms with Crippen molar-refractivity contribution >= 4 is 21.6 Å². The molecule has 2 rings (SSSR count). The van der Waals surface area contributed by atoms with Crippen molar-refractivity contribution in [1.29, 1.82) is 0 Å². The molecular formula is C16H18N2O4S. The number of carbonyl (C=O) groups excluding carboxylic acids is 1. The van der Waals surface area contributed by atoms with Crippen molar-refractivity contribution in [2.24, 2.45) is 5.73 Å². The van der Waals surface area contributed by atoms with Gasteiger partial charge in [-0.15, -0.1) is 0 Å². The van der Waals surface area contributed by atoms with E-state index in [9.17, 15) is 13.2 Å². The number of hydrogen-bond donors (Lipinski definition) is 2. The van der Waals surface area contributed by atoms with Crippen molar-refractivity contribution in [3.8, 4) is 5.75 Å². The molecule has 0 aliphatic carbocycles. The molecule has 2 aromatic rings. The summed E-state index contributed by atoms with van der Waals surface area (Å²) < 4.78 is 32.8. The largest absolute Gasteiger partial charge is 0.497 e. The number of methoxy groups -OCH3 is 1. The molecule has 23 heavy (non-hydrogen) atoms. The molecule has 3 N–H and O–H groups in total. The highest BCUT2D eigenvalue weighted by atomic mass is 32.2. The minimum Gasteiger partial charge on any atom is -0.497 e. The SMILES string of the molecule is COc1ccc(S(=O)(=O)Nc2cccc(C(N)=O)c2C)c(C)c1. The van der Waals surface area contributed by atoms with E-state index < -0.39 is 15.9 Å². The summed E-state index contributed by atoms with van der Waals surface area (Å²) in [5.74, 6) is -0.0301. The number of sulfonamides is 1. The van der Waals surface area contributed by atoms with Crippen LogP contribution < -0.4 is 15.2 Å². The monoisotopic (exact) mass is 334 g/mol. The van der Waals surface area contributed by atoms with E-state index in [1.165, 1.54) is 13.2 Å². The smallest absolute Gasteiger partial charge is 0.262 e. The van der Waals surface area contributed by atoms with Gasteiger partial charge in [-0.3, -0.25) is 9.52 Å². The number of anilines is 1. The van der Waals surface area contributed by atoms with Gasteiger partial charge in [-0.1, -0.05) is 6.07 Å². The van der Waals surface area contributed by atoms with E-state index in [1.807, 2.05) is 0 Å². The predicted octanol–water partition coefficient (Wildman–Crippen LogP) is 2.21. The summed E-state index contributed by atoms with van der Waals surface area (Å²) in [4.78, 5) is 11.5. The third-order valence-corrected chi connectivity index (χ3v) is 5.04. The number of primary amides is 1. The molecule has 0 aliphatic rings. The first-order valence-electron chi connectivity index (χ1n) is 6.83. The molecule has 0 aliphatic heterocycles. The molecule has 0 spiro atoms. The molecule has 0 heterocycles. The maximum Gasteiger partial charge on any atom is 0.262 e. The Kier molecular flexibility index (Phi) is 4.60. The van der Waals surface area contributed by atoms with Gasteiger partial charge in [-0.25, -0.2) is 8.42 Å². The van der Waals surface area contributed by atoms with Gasteiger partial charge in [-0.2, -0.15) is 0 Å². The normalized spacial score (nSPS) is 11.1. The summed E-state index contributed by atoms with van der Waals surface area (Å²) in [6, 6.07) is 9.40. The molecule has 2 aromatic carbocycles. The molecule has 7 heteroatoms. The number of ether oxygens (including phenoxy) is 1. The van der Waals surface area contributed by atoms with Crippen LogP contribution in [-0.4, -0.2) is 21.4 Å². The fourth-order valence-corrected chi connectivity index (χ4v) is 3.61. The van der Waals surface area contributed by atoms with Crippen LogP contribution in [-0.2, 0) is 10.0 Å². The highest BCUT2D eigenvalue weighted by Crippen LogP contribution is 2.25. The van der Waals surface area contributed by atoms with Crippen LogP contribution in [0.4, 0.5) is 5.69 Å². The van der Waals surface area contributed by atoms with Crippen molar-refractivity contribution in [1.82, 2.24) is 0 Å². The van der Waals surface area contributed by atoms with Gasteiger partial charge < -0.3 is 10.5 Å². The molecule has 0 unspecified atom stereocenters. The van der Waals surface area contributed by atoms with Gasteiger partial charge in [0.1, 0.15) is 5.75 Å². The molecule has 6 nitrogen and oxygen atoms in total. The third-order valence-electron chi connectivity index (χ3n) is 3.52. The zero-order chi connectivity index (χ0) is 17.2. The third kappa shape index (κ3) is 3.45. The lowest BCUT2D eigenvalue weighted by atomic mass is 10.1. The Balaban J connectivity index is 2.43. The predicted molar refractivity (Wildman–Crippen MR) is 88.2 cm³/mol. The van der Waals surface area contributed by atoms with Crippen molar-refractivity contribution in [3.63, 3.8) is 0 Å². The number of hydrogen-bond acceptors (Lipinski definition) is 4. The molecular weight excluding hydrogens is 316 g/mol. The quantitative estimate of drug-likeness (QED) is 0.876. The van der Waals surface area contributed by atoms with Gasteiger partial charge in [0, 0.05) is 5.56 Å². The average Bonchev–Trinajstić information content (AvgIpc) is 2.48. The summed E-state index contributed by atoms with van der Waals surface area (Å²) in [7, 11) is -2.28. The zero-order valence-corrected chi connectivity index (χ0v) is 13.9. The van der Waals surface area contributed by atoms with E-state index in [0.717, 1.165) is 0 Å². The topological polar surface area (TPSA) is 98.5 Å². The van der Waals surface area contributed by atoms with Crippen molar-refractivity contribution in [2.75, 3.05) is 11.8 Å². The minimum absolute atomic E-state index is 0.141. The van der Waals surface area contributed by atoms with Crippen LogP contribution in [0, 0.1) is 13.8 Å². The number of nitrogens with one attached hydrogen (secondary N) is 1. The van der Waals surface area contributed by atoms with E-state index in [0.29, 0.717) is 22.6 Å². The van der Waals surface area contributed by atoms with Crippen molar-refractivity contribution < 1.29 is 17.9 Å². The Labute approximate surface area is 135 Å². The van der Waals surface area contributed by atoms with Gasteiger partial charge in [0.05, 0.1) is 17.7 Å². The Bertz CT molecular complexity index is 860. The molecule has 0 saturated carbocycles. The standard InChI is InChI=1S/C16H18N2O4S/c1-10-9-12(22-3)7-8-15(10)23(20,21)18-14-6-4-5-13(11(14)2)16(17)19/h4-9,18H,1-3H3,(H2,17,19). The summed E-state index contributed by atoms with van der Waals surface area (Å²) in [6.45, 7) is 3.32. The highest BCUT2D eigenvalue weighted by molar-refractivity contribution is 7.92. The second-order valence-electron chi connectivity index (χ2n) is 5.08.